The first kappa shape index (κ1) is 30.8. The molecule has 244 valence electrons. The van der Waals surface area contributed by atoms with Gasteiger partial charge in [0.2, 0.25) is 0 Å². The van der Waals surface area contributed by atoms with Crippen LogP contribution in [0, 0.1) is 0 Å². The summed E-state index contributed by atoms with van der Waals surface area (Å²) in [4.78, 5) is 33.9. The fourth-order valence-electron chi connectivity index (χ4n) is 6.37. The van der Waals surface area contributed by atoms with Crippen LogP contribution in [-0.2, 0) is 0 Å². The van der Waals surface area contributed by atoms with Gasteiger partial charge in [-0.25, -0.2) is 19.9 Å². The summed E-state index contributed by atoms with van der Waals surface area (Å²) >= 11 is 0. The van der Waals surface area contributed by atoms with Crippen molar-refractivity contribution in [3.63, 3.8) is 0 Å². The van der Waals surface area contributed by atoms with Crippen LogP contribution >= 0.6 is 0 Å². The van der Waals surface area contributed by atoms with E-state index in [1.54, 1.807) is 12.4 Å². The molecular formula is C45H29N7. The molecule has 0 spiro atoms. The Kier molecular flexibility index (Phi) is 8.04. The molecule has 0 N–H and O–H groups in total. The van der Waals surface area contributed by atoms with Gasteiger partial charge in [0.1, 0.15) is 0 Å². The standard InChI is InChI=1S/C45H29N7/c1-3-13-30(14-4-1)43-50-44(31-15-5-2-6-16-31)52-45(51-43)37-23-22-34(35-17-7-8-18-36(35)37)32-21-24-38(48-29-32)33-27-41(39-19-9-11-25-46-39)49-42(28-33)40-20-10-12-26-47-40/h1-29H. The molecule has 7 nitrogen and oxygen atoms in total. The van der Waals surface area contributed by atoms with Crippen LogP contribution in [0.4, 0.5) is 0 Å². The van der Waals surface area contributed by atoms with Crippen LogP contribution in [-0.4, -0.2) is 34.9 Å². The number of pyridine rings is 4. The number of nitrogens with zero attached hydrogens (tertiary/aromatic N) is 7. The van der Waals surface area contributed by atoms with Crippen molar-refractivity contribution in [2.75, 3.05) is 0 Å². The van der Waals surface area contributed by atoms with Gasteiger partial charge in [-0.2, -0.15) is 0 Å². The summed E-state index contributed by atoms with van der Waals surface area (Å²) < 4.78 is 0. The maximum Gasteiger partial charge on any atom is 0.164 e. The van der Waals surface area contributed by atoms with Crippen LogP contribution in [0.1, 0.15) is 0 Å². The van der Waals surface area contributed by atoms with Crippen LogP contribution in [0.15, 0.2) is 176 Å². The first-order valence-corrected chi connectivity index (χ1v) is 17.0. The van der Waals surface area contributed by atoms with Gasteiger partial charge >= 0.3 is 0 Å². The third-order valence-electron chi connectivity index (χ3n) is 8.91. The molecule has 0 fully saturated rings. The Balaban J connectivity index is 1.13. The van der Waals surface area contributed by atoms with E-state index in [0.29, 0.717) is 17.5 Å². The zero-order chi connectivity index (χ0) is 34.7. The van der Waals surface area contributed by atoms with E-state index in [1.165, 1.54) is 0 Å². The molecule has 0 atom stereocenters. The van der Waals surface area contributed by atoms with Crippen molar-refractivity contribution in [2.24, 2.45) is 0 Å². The summed E-state index contributed by atoms with van der Waals surface area (Å²) in [5, 5.41) is 2.12. The maximum absolute atomic E-state index is 5.01. The van der Waals surface area contributed by atoms with Crippen molar-refractivity contribution in [2.45, 2.75) is 0 Å². The average molecular weight is 668 g/mol. The van der Waals surface area contributed by atoms with Crippen molar-refractivity contribution >= 4 is 10.8 Å². The number of rotatable bonds is 7. The molecule has 0 saturated heterocycles. The Morgan fingerprint density at radius 3 is 1.35 bits per heavy atom. The molecule has 0 bridgehead atoms. The van der Waals surface area contributed by atoms with Crippen molar-refractivity contribution in [1.82, 2.24) is 34.9 Å². The lowest BCUT2D eigenvalue weighted by atomic mass is 9.95. The molecular weight excluding hydrogens is 639 g/mol. The number of fused-ring (bicyclic) bond motifs is 1. The second-order valence-electron chi connectivity index (χ2n) is 12.2. The van der Waals surface area contributed by atoms with Crippen LogP contribution in [0.3, 0.4) is 0 Å². The first-order chi connectivity index (χ1) is 25.8. The van der Waals surface area contributed by atoms with Gasteiger partial charge in [0.05, 0.1) is 28.5 Å². The van der Waals surface area contributed by atoms with Crippen LogP contribution in [0.2, 0.25) is 0 Å². The summed E-state index contributed by atoms with van der Waals surface area (Å²) in [6, 6.07) is 52.6. The Hall–Kier alpha value is -7.25. The maximum atomic E-state index is 5.01. The minimum absolute atomic E-state index is 0.619. The molecule has 9 rings (SSSR count). The minimum Gasteiger partial charge on any atom is -0.256 e. The normalized spacial score (nSPS) is 11.1. The first-order valence-electron chi connectivity index (χ1n) is 17.0. The summed E-state index contributed by atoms with van der Waals surface area (Å²) in [5.41, 5.74) is 9.72. The number of hydrogen-bond acceptors (Lipinski definition) is 7. The average Bonchev–Trinajstić information content (AvgIpc) is 3.24. The van der Waals surface area contributed by atoms with E-state index in [9.17, 15) is 0 Å². The third kappa shape index (κ3) is 6.08. The van der Waals surface area contributed by atoms with E-state index in [0.717, 1.165) is 72.6 Å². The molecule has 0 amide bonds. The van der Waals surface area contributed by atoms with Gasteiger partial charge in [-0.15, -0.1) is 0 Å². The lowest BCUT2D eigenvalue weighted by Crippen LogP contribution is -2.00. The van der Waals surface area contributed by atoms with E-state index >= 15 is 0 Å². The zero-order valence-electron chi connectivity index (χ0n) is 27.9. The molecule has 7 heteroatoms. The Morgan fingerprint density at radius 2 is 0.808 bits per heavy atom. The van der Waals surface area contributed by atoms with Crippen LogP contribution in [0.5, 0.6) is 0 Å². The van der Waals surface area contributed by atoms with Crippen molar-refractivity contribution in [3.8, 4) is 79.3 Å². The van der Waals surface area contributed by atoms with Gasteiger partial charge in [0, 0.05) is 46.4 Å². The van der Waals surface area contributed by atoms with E-state index in [-0.39, 0.29) is 0 Å². The molecule has 4 aromatic carbocycles. The lowest BCUT2D eigenvalue weighted by molar-refractivity contribution is 1.08. The minimum atomic E-state index is 0.619. The predicted octanol–water partition coefficient (Wildman–Crippen LogP) is 10.3. The summed E-state index contributed by atoms with van der Waals surface area (Å²) in [6.45, 7) is 0. The molecule has 0 unspecified atom stereocenters. The van der Waals surface area contributed by atoms with E-state index in [1.807, 2.05) is 115 Å². The van der Waals surface area contributed by atoms with Gasteiger partial charge in [0.25, 0.3) is 0 Å². The highest BCUT2D eigenvalue weighted by molar-refractivity contribution is 6.04. The summed E-state index contributed by atoms with van der Waals surface area (Å²) in [7, 11) is 0. The molecule has 0 aliphatic carbocycles. The smallest absolute Gasteiger partial charge is 0.164 e. The highest BCUT2D eigenvalue weighted by Crippen LogP contribution is 2.36. The topological polar surface area (TPSA) is 90.2 Å². The molecule has 0 aliphatic heterocycles. The Bertz CT molecular complexity index is 2530. The predicted molar refractivity (Wildman–Crippen MR) is 207 cm³/mol. The fraction of sp³-hybridized carbons (Fsp3) is 0. The highest BCUT2D eigenvalue weighted by Gasteiger charge is 2.17. The number of aromatic nitrogens is 7. The van der Waals surface area contributed by atoms with E-state index in [2.05, 4.69) is 58.5 Å². The van der Waals surface area contributed by atoms with Gasteiger partial charge in [-0.3, -0.25) is 15.0 Å². The van der Waals surface area contributed by atoms with Gasteiger partial charge in [-0.05, 0) is 64.9 Å². The Labute approximate surface area is 300 Å². The quantitative estimate of drug-likeness (QED) is 0.167. The van der Waals surface area contributed by atoms with E-state index in [4.69, 9.17) is 24.9 Å². The van der Waals surface area contributed by atoms with E-state index < -0.39 is 0 Å². The fourth-order valence-corrected chi connectivity index (χ4v) is 6.37. The molecule has 5 heterocycles. The van der Waals surface area contributed by atoms with Gasteiger partial charge in [-0.1, -0.05) is 109 Å². The molecule has 0 radical (unpaired) electrons. The monoisotopic (exact) mass is 667 g/mol. The van der Waals surface area contributed by atoms with Gasteiger partial charge in [0.15, 0.2) is 17.5 Å². The Morgan fingerprint density at radius 1 is 0.288 bits per heavy atom. The molecule has 52 heavy (non-hydrogen) atoms. The summed E-state index contributed by atoms with van der Waals surface area (Å²) in [5.74, 6) is 1.88. The lowest BCUT2D eigenvalue weighted by Gasteiger charge is -2.13. The number of benzene rings is 4. The van der Waals surface area contributed by atoms with Gasteiger partial charge < -0.3 is 0 Å². The number of hydrogen-bond donors (Lipinski definition) is 0. The van der Waals surface area contributed by atoms with Crippen molar-refractivity contribution in [1.29, 1.82) is 0 Å². The molecule has 0 saturated carbocycles. The third-order valence-corrected chi connectivity index (χ3v) is 8.91. The van der Waals surface area contributed by atoms with Crippen LogP contribution < -0.4 is 0 Å². The SMILES string of the molecule is c1ccc(-c2nc(-c3ccccc3)nc(-c3ccc(-c4ccc(-c5cc(-c6ccccn6)nc(-c6ccccn6)c5)nc4)c4ccccc34)n2)cc1. The molecule has 5 aromatic heterocycles. The zero-order valence-corrected chi connectivity index (χ0v) is 27.9. The second-order valence-corrected chi connectivity index (χ2v) is 12.2. The molecule has 9 aromatic rings. The second kappa shape index (κ2) is 13.6. The van der Waals surface area contributed by atoms with Crippen molar-refractivity contribution in [3.05, 3.63) is 176 Å². The highest BCUT2D eigenvalue weighted by atomic mass is 15.0. The largest absolute Gasteiger partial charge is 0.256 e. The summed E-state index contributed by atoms with van der Waals surface area (Å²) in [6.07, 6.45) is 5.48. The van der Waals surface area contributed by atoms with Crippen LogP contribution in [0.25, 0.3) is 90.1 Å². The van der Waals surface area contributed by atoms with Crippen molar-refractivity contribution < 1.29 is 0 Å². The molecule has 0 aliphatic rings.